The summed E-state index contributed by atoms with van der Waals surface area (Å²) < 4.78 is 18.5. The molecule has 9 heteroatoms. The van der Waals surface area contributed by atoms with E-state index in [1.165, 1.54) is 14.2 Å². The monoisotopic (exact) mass is 468 g/mol. The lowest BCUT2D eigenvalue weighted by Gasteiger charge is -2.14. The first-order valence-electron chi connectivity index (χ1n) is 10.9. The lowest BCUT2D eigenvalue weighted by molar-refractivity contribution is 0.0943. The molecule has 1 aliphatic heterocycles. The Labute approximate surface area is 197 Å². The lowest BCUT2D eigenvalue weighted by atomic mass is 10.1. The number of aromatic nitrogens is 3. The van der Waals surface area contributed by atoms with Gasteiger partial charge in [-0.2, -0.15) is 0 Å². The molecule has 0 spiro atoms. The fourth-order valence-electron chi connectivity index (χ4n) is 3.75. The van der Waals surface area contributed by atoms with Gasteiger partial charge >= 0.3 is 0 Å². The second kappa shape index (κ2) is 11.2. The first-order valence-corrected chi connectivity index (χ1v) is 11.9. The van der Waals surface area contributed by atoms with Crippen LogP contribution in [0.2, 0.25) is 0 Å². The zero-order valence-electron chi connectivity index (χ0n) is 18.8. The van der Waals surface area contributed by atoms with E-state index in [-0.39, 0.29) is 18.6 Å². The van der Waals surface area contributed by atoms with Crippen LogP contribution in [0, 0.1) is 0 Å². The van der Waals surface area contributed by atoms with Crippen molar-refractivity contribution >= 4 is 17.7 Å². The Kier molecular flexibility index (Phi) is 7.85. The van der Waals surface area contributed by atoms with E-state index >= 15 is 0 Å². The summed E-state index contributed by atoms with van der Waals surface area (Å²) in [5.74, 6) is 2.11. The molecule has 1 fully saturated rings. The Morgan fingerprint density at radius 3 is 2.55 bits per heavy atom. The van der Waals surface area contributed by atoms with Crippen LogP contribution in [-0.2, 0) is 17.8 Å². The minimum Gasteiger partial charge on any atom is -0.496 e. The maximum Gasteiger partial charge on any atom is 0.259 e. The normalized spacial score (nSPS) is 15.4. The molecule has 1 amide bonds. The zero-order valence-corrected chi connectivity index (χ0v) is 19.6. The predicted molar refractivity (Wildman–Crippen MR) is 126 cm³/mol. The molecule has 0 saturated carbocycles. The highest BCUT2D eigenvalue weighted by Gasteiger charge is 2.21. The first-order chi connectivity index (χ1) is 16.2. The molecule has 0 aliphatic carbocycles. The molecular weight excluding hydrogens is 440 g/mol. The number of carbonyl (C=O) groups is 1. The van der Waals surface area contributed by atoms with Gasteiger partial charge in [-0.3, -0.25) is 4.79 Å². The summed E-state index contributed by atoms with van der Waals surface area (Å²) in [7, 11) is 3.05. The number of rotatable bonds is 10. The minimum absolute atomic E-state index is 0.223. The van der Waals surface area contributed by atoms with Gasteiger partial charge in [-0.05, 0) is 30.5 Å². The number of benzene rings is 2. The molecule has 2 heterocycles. The zero-order chi connectivity index (χ0) is 23.0. The van der Waals surface area contributed by atoms with Gasteiger partial charge in [0.25, 0.3) is 5.91 Å². The molecule has 4 rings (SSSR count). The molecule has 1 atom stereocenters. The molecule has 8 nitrogen and oxygen atoms in total. The van der Waals surface area contributed by atoms with Gasteiger partial charge in [0.1, 0.15) is 17.1 Å². The van der Waals surface area contributed by atoms with Crippen molar-refractivity contribution in [2.75, 3.05) is 26.6 Å². The number of carbonyl (C=O) groups excluding carboxylic acids is 1. The maximum absolute atomic E-state index is 13.0. The number of thioether (sulfide) groups is 1. The van der Waals surface area contributed by atoms with Crippen LogP contribution in [0.3, 0.4) is 0 Å². The van der Waals surface area contributed by atoms with Gasteiger partial charge in [0.15, 0.2) is 11.0 Å². The summed E-state index contributed by atoms with van der Waals surface area (Å²) in [5, 5.41) is 12.6. The fraction of sp³-hybridized carbons (Fsp3) is 0.375. The number of amides is 1. The van der Waals surface area contributed by atoms with E-state index in [0.717, 1.165) is 35.9 Å². The summed E-state index contributed by atoms with van der Waals surface area (Å²) in [5.41, 5.74) is 1.49. The molecule has 33 heavy (non-hydrogen) atoms. The quantitative estimate of drug-likeness (QED) is 0.455. The summed E-state index contributed by atoms with van der Waals surface area (Å²) >= 11 is 1.64. The molecule has 1 aromatic heterocycles. The van der Waals surface area contributed by atoms with E-state index < -0.39 is 0 Å². The van der Waals surface area contributed by atoms with Crippen LogP contribution in [0.5, 0.6) is 11.5 Å². The molecule has 0 unspecified atom stereocenters. The smallest absolute Gasteiger partial charge is 0.259 e. The summed E-state index contributed by atoms with van der Waals surface area (Å²) in [4.78, 5) is 13.0. The van der Waals surface area contributed by atoms with Crippen LogP contribution < -0.4 is 14.8 Å². The van der Waals surface area contributed by atoms with Gasteiger partial charge in [0.05, 0.1) is 33.4 Å². The molecule has 1 aliphatic rings. The van der Waals surface area contributed by atoms with Crippen molar-refractivity contribution in [3.8, 4) is 11.5 Å². The Hall–Kier alpha value is -3.04. The number of nitrogens with one attached hydrogen (secondary N) is 1. The third-order valence-corrected chi connectivity index (χ3v) is 6.56. The van der Waals surface area contributed by atoms with Crippen molar-refractivity contribution in [2.24, 2.45) is 0 Å². The molecule has 3 aromatic rings. The molecule has 1 N–H and O–H groups in total. The van der Waals surface area contributed by atoms with Crippen LogP contribution in [0.15, 0.2) is 53.7 Å². The fourth-order valence-corrected chi connectivity index (χ4v) is 4.77. The number of methoxy groups -OCH3 is 2. The van der Waals surface area contributed by atoms with Crippen LogP contribution in [0.4, 0.5) is 0 Å². The van der Waals surface area contributed by atoms with Crippen LogP contribution >= 0.6 is 11.8 Å². The minimum atomic E-state index is -0.299. The largest absolute Gasteiger partial charge is 0.496 e. The van der Waals surface area contributed by atoms with Crippen molar-refractivity contribution < 1.29 is 19.0 Å². The van der Waals surface area contributed by atoms with Gasteiger partial charge in [-0.25, -0.2) is 0 Å². The van der Waals surface area contributed by atoms with Crippen LogP contribution in [0.1, 0.15) is 34.6 Å². The summed E-state index contributed by atoms with van der Waals surface area (Å²) in [6, 6.07) is 15.4. The Bertz CT molecular complexity index is 1050. The standard InChI is InChI=1S/C24H28N4O4S/c1-30-19-11-6-12-20(31-2)22(19)23(29)25-14-21-26-27-24(33-16-18-10-7-13-32-18)28(21)15-17-8-4-3-5-9-17/h3-6,8-9,11-12,18H,7,10,13-16H2,1-2H3,(H,25,29)/t18-/m0/s1. The van der Waals surface area contributed by atoms with E-state index in [1.807, 2.05) is 18.2 Å². The van der Waals surface area contributed by atoms with E-state index in [9.17, 15) is 4.79 Å². The highest BCUT2D eigenvalue weighted by Crippen LogP contribution is 2.28. The van der Waals surface area contributed by atoms with Crippen molar-refractivity contribution in [1.29, 1.82) is 0 Å². The van der Waals surface area contributed by atoms with Crippen molar-refractivity contribution in [2.45, 2.75) is 37.2 Å². The van der Waals surface area contributed by atoms with Gasteiger partial charge in [0, 0.05) is 12.4 Å². The van der Waals surface area contributed by atoms with E-state index in [4.69, 9.17) is 14.2 Å². The van der Waals surface area contributed by atoms with Gasteiger partial charge in [-0.15, -0.1) is 10.2 Å². The molecule has 0 radical (unpaired) electrons. The molecule has 0 bridgehead atoms. The second-order valence-corrected chi connectivity index (χ2v) is 8.62. The van der Waals surface area contributed by atoms with E-state index in [1.54, 1.807) is 30.0 Å². The van der Waals surface area contributed by atoms with E-state index in [2.05, 4.69) is 32.2 Å². The number of hydrogen-bond acceptors (Lipinski definition) is 7. The predicted octanol–water partition coefficient (Wildman–Crippen LogP) is 3.54. The second-order valence-electron chi connectivity index (χ2n) is 7.64. The lowest BCUT2D eigenvalue weighted by Crippen LogP contribution is -2.26. The van der Waals surface area contributed by atoms with Gasteiger partial charge < -0.3 is 24.1 Å². The summed E-state index contributed by atoms with van der Waals surface area (Å²) in [6.07, 6.45) is 2.42. The third-order valence-electron chi connectivity index (χ3n) is 5.46. The average molecular weight is 469 g/mol. The van der Waals surface area contributed by atoms with Crippen molar-refractivity contribution in [1.82, 2.24) is 20.1 Å². The average Bonchev–Trinajstić information content (AvgIpc) is 3.51. The molecule has 2 aromatic carbocycles. The van der Waals surface area contributed by atoms with E-state index in [0.29, 0.717) is 29.4 Å². The maximum atomic E-state index is 13.0. The number of ether oxygens (including phenoxy) is 3. The van der Waals surface area contributed by atoms with Gasteiger partial charge in [0.2, 0.25) is 0 Å². The molecule has 174 valence electrons. The highest BCUT2D eigenvalue weighted by molar-refractivity contribution is 7.99. The molecule has 1 saturated heterocycles. The Balaban J connectivity index is 1.52. The van der Waals surface area contributed by atoms with Crippen molar-refractivity contribution in [3.05, 3.63) is 65.5 Å². The van der Waals surface area contributed by atoms with Crippen LogP contribution in [-0.4, -0.2) is 53.4 Å². The SMILES string of the molecule is COc1cccc(OC)c1C(=O)NCc1nnc(SC[C@@H]2CCCO2)n1Cc1ccccc1. The first kappa shape index (κ1) is 23.1. The molecular formula is C24H28N4O4S. The third kappa shape index (κ3) is 5.66. The number of nitrogens with zero attached hydrogens (tertiary/aromatic N) is 3. The van der Waals surface area contributed by atoms with Gasteiger partial charge in [-0.1, -0.05) is 48.2 Å². The van der Waals surface area contributed by atoms with Crippen molar-refractivity contribution in [3.63, 3.8) is 0 Å². The topological polar surface area (TPSA) is 87.5 Å². The van der Waals surface area contributed by atoms with Crippen LogP contribution in [0.25, 0.3) is 0 Å². The highest BCUT2D eigenvalue weighted by atomic mass is 32.2. The Morgan fingerprint density at radius 2 is 1.88 bits per heavy atom. The number of hydrogen-bond donors (Lipinski definition) is 1. The Morgan fingerprint density at radius 1 is 1.12 bits per heavy atom. The summed E-state index contributed by atoms with van der Waals surface area (Å²) in [6.45, 7) is 1.66.